The first kappa shape index (κ1) is 18.2. The Morgan fingerprint density at radius 2 is 1.78 bits per heavy atom. The minimum Gasteiger partial charge on any atom is -0.443 e. The van der Waals surface area contributed by atoms with Gasteiger partial charge >= 0.3 is 5.97 Å². The predicted octanol–water partition coefficient (Wildman–Crippen LogP) is 2.31. The number of rotatable bonds is 5. The van der Waals surface area contributed by atoms with E-state index in [1.807, 2.05) is 0 Å². The molecule has 0 unspecified atom stereocenters. The number of esters is 1. The van der Waals surface area contributed by atoms with Crippen molar-refractivity contribution in [2.45, 2.75) is 18.9 Å². The molecule has 2 aromatic carbocycles. The minimum atomic E-state index is -1.23. The maximum absolute atomic E-state index is 13.0. The largest absolute Gasteiger partial charge is 0.443 e. The fraction of sp³-hybridized carbons (Fsp3) is 0.158. The van der Waals surface area contributed by atoms with E-state index >= 15 is 0 Å². The predicted molar refractivity (Wildman–Crippen MR) is 95.1 cm³/mol. The molecule has 0 bridgehead atoms. The molecule has 0 fully saturated rings. The van der Waals surface area contributed by atoms with Crippen molar-refractivity contribution < 1.29 is 23.5 Å². The lowest BCUT2D eigenvalue weighted by Gasteiger charge is -2.19. The highest BCUT2D eigenvalue weighted by Gasteiger charge is 2.28. The van der Waals surface area contributed by atoms with Crippen molar-refractivity contribution in [3.63, 3.8) is 0 Å². The van der Waals surface area contributed by atoms with Gasteiger partial charge in [-0.15, -0.1) is 0 Å². The van der Waals surface area contributed by atoms with Crippen molar-refractivity contribution in [3.05, 3.63) is 66.0 Å². The first-order valence-corrected chi connectivity index (χ1v) is 8.20. The number of nitrogens with one attached hydrogen (secondary N) is 2. The number of carbonyl (C=O) groups excluding carboxylic acids is 3. The van der Waals surface area contributed by atoms with Crippen LogP contribution in [-0.2, 0) is 19.1 Å². The van der Waals surface area contributed by atoms with Crippen LogP contribution in [0.1, 0.15) is 24.5 Å². The fourth-order valence-corrected chi connectivity index (χ4v) is 2.44. The van der Waals surface area contributed by atoms with Crippen LogP contribution < -0.4 is 10.7 Å². The molecule has 2 aromatic rings. The van der Waals surface area contributed by atoms with E-state index in [-0.39, 0.29) is 24.5 Å². The molecular formula is C19H16FN3O4. The summed E-state index contributed by atoms with van der Waals surface area (Å²) in [5.41, 5.74) is 3.07. The molecule has 27 heavy (non-hydrogen) atoms. The molecule has 1 atom stereocenters. The van der Waals surface area contributed by atoms with Crippen molar-refractivity contribution in [1.82, 2.24) is 5.43 Å². The number of carbonyl (C=O) groups is 3. The zero-order valence-corrected chi connectivity index (χ0v) is 14.1. The van der Waals surface area contributed by atoms with E-state index in [0.29, 0.717) is 11.3 Å². The number of anilines is 1. The van der Waals surface area contributed by atoms with Gasteiger partial charge in [-0.3, -0.25) is 9.59 Å². The summed E-state index contributed by atoms with van der Waals surface area (Å²) in [4.78, 5) is 36.2. The SMILES string of the molecule is O=C1CCC(C(=O)O[C@H](C(=O)Nc2ccc(F)cc2)c2ccccc2)=NN1. The maximum atomic E-state index is 13.0. The van der Waals surface area contributed by atoms with Gasteiger partial charge in [0, 0.05) is 24.1 Å². The Kier molecular flexibility index (Phi) is 5.55. The molecule has 0 saturated carbocycles. The Hall–Kier alpha value is -3.55. The van der Waals surface area contributed by atoms with Crippen LogP contribution in [0.25, 0.3) is 0 Å². The van der Waals surface area contributed by atoms with E-state index < -0.39 is 23.8 Å². The third-order valence-electron chi connectivity index (χ3n) is 3.82. The lowest BCUT2D eigenvalue weighted by molar-refractivity contribution is -0.148. The lowest BCUT2D eigenvalue weighted by atomic mass is 10.1. The molecular weight excluding hydrogens is 353 g/mol. The summed E-state index contributed by atoms with van der Waals surface area (Å²) >= 11 is 0. The summed E-state index contributed by atoms with van der Waals surface area (Å²) in [5.74, 6) is -2.11. The molecule has 0 aliphatic carbocycles. The van der Waals surface area contributed by atoms with Gasteiger partial charge in [-0.2, -0.15) is 5.10 Å². The fourth-order valence-electron chi connectivity index (χ4n) is 2.44. The van der Waals surface area contributed by atoms with Crippen LogP contribution in [0.4, 0.5) is 10.1 Å². The molecule has 0 spiro atoms. The number of hydrazone groups is 1. The van der Waals surface area contributed by atoms with E-state index in [0.717, 1.165) is 0 Å². The summed E-state index contributed by atoms with van der Waals surface area (Å²) in [6, 6.07) is 13.7. The highest BCUT2D eigenvalue weighted by molar-refractivity contribution is 6.37. The zero-order valence-electron chi connectivity index (χ0n) is 14.1. The van der Waals surface area contributed by atoms with Gasteiger partial charge in [0.2, 0.25) is 12.0 Å². The van der Waals surface area contributed by atoms with Crippen molar-refractivity contribution in [1.29, 1.82) is 0 Å². The van der Waals surface area contributed by atoms with Crippen LogP contribution in [-0.4, -0.2) is 23.5 Å². The van der Waals surface area contributed by atoms with Crippen molar-refractivity contribution in [2.24, 2.45) is 5.10 Å². The van der Waals surface area contributed by atoms with Gasteiger partial charge in [-0.25, -0.2) is 14.6 Å². The molecule has 2 amide bonds. The van der Waals surface area contributed by atoms with Crippen LogP contribution in [0.2, 0.25) is 0 Å². The standard InChI is InChI=1S/C19H16FN3O4/c20-13-6-8-14(9-7-13)21-18(25)17(12-4-2-1-3-5-12)27-19(26)15-10-11-16(24)23-22-15/h1-9,17H,10-11H2,(H,21,25)(H,23,24)/t17-/m0/s1. The van der Waals surface area contributed by atoms with Crippen LogP contribution in [0, 0.1) is 5.82 Å². The Morgan fingerprint density at radius 3 is 2.41 bits per heavy atom. The van der Waals surface area contributed by atoms with Gasteiger partial charge in [0.25, 0.3) is 5.91 Å². The van der Waals surface area contributed by atoms with Crippen LogP contribution in [0.3, 0.4) is 0 Å². The average molecular weight is 369 g/mol. The Bertz CT molecular complexity index is 882. The summed E-state index contributed by atoms with van der Waals surface area (Å²) < 4.78 is 18.4. The van der Waals surface area contributed by atoms with Gasteiger partial charge in [-0.05, 0) is 24.3 Å². The Balaban J connectivity index is 1.78. The second-order valence-corrected chi connectivity index (χ2v) is 5.79. The molecule has 0 radical (unpaired) electrons. The quantitative estimate of drug-likeness (QED) is 0.791. The second kappa shape index (κ2) is 8.22. The number of nitrogens with zero attached hydrogens (tertiary/aromatic N) is 1. The third kappa shape index (κ3) is 4.75. The third-order valence-corrected chi connectivity index (χ3v) is 3.82. The summed E-state index contributed by atoms with van der Waals surface area (Å²) in [7, 11) is 0. The number of benzene rings is 2. The smallest absolute Gasteiger partial charge is 0.355 e. The summed E-state index contributed by atoms with van der Waals surface area (Å²) in [6.45, 7) is 0. The molecule has 0 aromatic heterocycles. The molecule has 1 aliphatic heterocycles. The zero-order chi connectivity index (χ0) is 19.2. The topological polar surface area (TPSA) is 96.9 Å². The number of hydrogen-bond acceptors (Lipinski definition) is 5. The number of ether oxygens (including phenoxy) is 1. The van der Waals surface area contributed by atoms with E-state index in [1.165, 1.54) is 24.3 Å². The molecule has 8 heteroatoms. The normalized spacial score (nSPS) is 14.6. The number of hydrogen-bond donors (Lipinski definition) is 2. The summed E-state index contributed by atoms with van der Waals surface area (Å²) in [5, 5.41) is 6.27. The lowest BCUT2D eigenvalue weighted by Crippen LogP contribution is -2.33. The monoisotopic (exact) mass is 369 g/mol. The average Bonchev–Trinajstić information content (AvgIpc) is 2.69. The van der Waals surface area contributed by atoms with Gasteiger partial charge in [-0.1, -0.05) is 30.3 Å². The minimum absolute atomic E-state index is 0.0325. The van der Waals surface area contributed by atoms with Crippen molar-refractivity contribution in [2.75, 3.05) is 5.32 Å². The maximum Gasteiger partial charge on any atom is 0.355 e. The molecule has 0 saturated heterocycles. The molecule has 138 valence electrons. The van der Waals surface area contributed by atoms with Gasteiger partial charge in [0.1, 0.15) is 11.5 Å². The first-order valence-electron chi connectivity index (χ1n) is 8.20. The van der Waals surface area contributed by atoms with E-state index in [9.17, 15) is 18.8 Å². The number of halogens is 1. The van der Waals surface area contributed by atoms with E-state index in [4.69, 9.17) is 4.74 Å². The second-order valence-electron chi connectivity index (χ2n) is 5.79. The van der Waals surface area contributed by atoms with Crippen molar-refractivity contribution in [3.8, 4) is 0 Å². The summed E-state index contributed by atoms with van der Waals surface area (Å²) in [6.07, 6.45) is -0.985. The Labute approximate surface area is 154 Å². The van der Waals surface area contributed by atoms with E-state index in [1.54, 1.807) is 30.3 Å². The highest BCUT2D eigenvalue weighted by Crippen LogP contribution is 2.21. The van der Waals surface area contributed by atoms with Crippen LogP contribution in [0.5, 0.6) is 0 Å². The van der Waals surface area contributed by atoms with Gasteiger partial charge in [0.05, 0.1) is 0 Å². The van der Waals surface area contributed by atoms with E-state index in [2.05, 4.69) is 15.8 Å². The molecule has 1 heterocycles. The van der Waals surface area contributed by atoms with Crippen LogP contribution >= 0.6 is 0 Å². The van der Waals surface area contributed by atoms with Gasteiger partial charge < -0.3 is 10.1 Å². The van der Waals surface area contributed by atoms with Crippen molar-refractivity contribution >= 4 is 29.2 Å². The molecule has 2 N–H and O–H groups in total. The Morgan fingerprint density at radius 1 is 1.07 bits per heavy atom. The van der Waals surface area contributed by atoms with Crippen LogP contribution in [0.15, 0.2) is 59.7 Å². The van der Waals surface area contributed by atoms with Gasteiger partial charge in [0.15, 0.2) is 0 Å². The number of amides is 2. The molecule has 1 aliphatic rings. The highest BCUT2D eigenvalue weighted by atomic mass is 19.1. The molecule has 7 nitrogen and oxygen atoms in total. The first-order chi connectivity index (χ1) is 13.0. The molecule has 3 rings (SSSR count).